The van der Waals surface area contributed by atoms with Crippen molar-refractivity contribution in [3.05, 3.63) is 48.2 Å². The Morgan fingerprint density at radius 1 is 1.32 bits per heavy atom. The number of alkyl halides is 2. The first kappa shape index (κ1) is 15.7. The van der Waals surface area contributed by atoms with Gasteiger partial charge in [-0.05, 0) is 30.3 Å². The summed E-state index contributed by atoms with van der Waals surface area (Å²) in [6, 6.07) is 9.63. The average Bonchev–Trinajstić information content (AvgIpc) is 2.54. The van der Waals surface area contributed by atoms with Gasteiger partial charge in [0, 0.05) is 11.8 Å². The van der Waals surface area contributed by atoms with Crippen LogP contribution in [-0.2, 0) is 0 Å². The van der Waals surface area contributed by atoms with Crippen molar-refractivity contribution in [3.8, 4) is 11.6 Å². The molecule has 22 heavy (non-hydrogen) atoms. The summed E-state index contributed by atoms with van der Waals surface area (Å²) in [5.74, 6) is 0.0563. The predicted octanol–water partition coefficient (Wildman–Crippen LogP) is 2.99. The minimum absolute atomic E-state index is 0.0564. The summed E-state index contributed by atoms with van der Waals surface area (Å²) < 4.78 is 34.3. The fraction of sp³-hybridized carbons (Fsp3) is 0.200. The highest BCUT2D eigenvalue weighted by atomic mass is 19.3. The molecule has 2 rings (SSSR count). The highest BCUT2D eigenvalue weighted by molar-refractivity contribution is 6.05. The minimum atomic E-state index is -2.62. The molecule has 0 fully saturated rings. The van der Waals surface area contributed by atoms with E-state index in [4.69, 9.17) is 9.47 Å². The number of hydrogen-bond acceptors (Lipinski definition) is 4. The standard InChI is InChI=1S/C15H14F2N2O3/c1-21-11-5-2-4-10(8-11)14(20)19-12-6-3-7-18-15(12)22-9-13(16)17/h2-8,13H,9H2,1H3,(H,19,20). The van der Waals surface area contributed by atoms with Crippen LogP contribution >= 0.6 is 0 Å². The van der Waals surface area contributed by atoms with Crippen LogP contribution in [0.5, 0.6) is 11.6 Å². The maximum absolute atomic E-state index is 12.2. The Labute approximate surface area is 125 Å². The number of pyridine rings is 1. The smallest absolute Gasteiger partial charge is 0.272 e. The summed E-state index contributed by atoms with van der Waals surface area (Å²) in [5.41, 5.74) is 0.582. The SMILES string of the molecule is COc1cccc(C(=O)Nc2cccnc2OCC(F)F)c1. The Bertz CT molecular complexity index is 650. The van der Waals surface area contributed by atoms with Gasteiger partial charge in [-0.15, -0.1) is 0 Å². The lowest BCUT2D eigenvalue weighted by Crippen LogP contribution is -2.15. The molecule has 0 aliphatic rings. The van der Waals surface area contributed by atoms with Crippen molar-refractivity contribution in [2.45, 2.75) is 6.43 Å². The number of aromatic nitrogens is 1. The minimum Gasteiger partial charge on any atom is -0.497 e. The molecule has 1 heterocycles. The van der Waals surface area contributed by atoms with E-state index in [1.54, 1.807) is 30.3 Å². The molecule has 1 N–H and O–H groups in total. The second kappa shape index (κ2) is 7.35. The summed E-state index contributed by atoms with van der Waals surface area (Å²) in [7, 11) is 1.49. The molecule has 5 nitrogen and oxygen atoms in total. The van der Waals surface area contributed by atoms with Crippen LogP contribution in [0.1, 0.15) is 10.4 Å². The highest BCUT2D eigenvalue weighted by Gasteiger charge is 2.13. The van der Waals surface area contributed by atoms with Crippen LogP contribution in [0.4, 0.5) is 14.5 Å². The van der Waals surface area contributed by atoms with Gasteiger partial charge in [0.05, 0.1) is 7.11 Å². The van der Waals surface area contributed by atoms with E-state index in [9.17, 15) is 13.6 Å². The molecule has 1 amide bonds. The molecule has 0 atom stereocenters. The lowest BCUT2D eigenvalue weighted by molar-refractivity contribution is 0.0799. The number of nitrogens with one attached hydrogen (secondary N) is 1. The summed E-state index contributed by atoms with van der Waals surface area (Å²) >= 11 is 0. The first-order chi connectivity index (χ1) is 10.6. The monoisotopic (exact) mass is 308 g/mol. The molecule has 7 heteroatoms. The second-order valence-corrected chi connectivity index (χ2v) is 4.24. The van der Waals surface area contributed by atoms with Gasteiger partial charge in [-0.3, -0.25) is 4.79 Å². The lowest BCUT2D eigenvalue weighted by atomic mass is 10.2. The van der Waals surface area contributed by atoms with Crippen molar-refractivity contribution in [3.63, 3.8) is 0 Å². The van der Waals surface area contributed by atoms with Gasteiger partial charge in [-0.2, -0.15) is 0 Å². The number of rotatable bonds is 6. The normalized spacial score (nSPS) is 10.4. The van der Waals surface area contributed by atoms with Gasteiger partial charge in [0.25, 0.3) is 12.3 Å². The first-order valence-electron chi connectivity index (χ1n) is 6.41. The third-order valence-electron chi connectivity index (χ3n) is 2.70. The van der Waals surface area contributed by atoms with Crippen LogP contribution in [0.3, 0.4) is 0 Å². The summed E-state index contributed by atoms with van der Waals surface area (Å²) in [6.07, 6.45) is -1.23. The third-order valence-corrected chi connectivity index (χ3v) is 2.70. The van der Waals surface area contributed by atoms with Crippen molar-refractivity contribution >= 4 is 11.6 Å². The maximum atomic E-state index is 12.2. The zero-order valence-corrected chi connectivity index (χ0v) is 11.8. The molecule has 0 saturated carbocycles. The van der Waals surface area contributed by atoms with Crippen molar-refractivity contribution in [2.75, 3.05) is 19.0 Å². The van der Waals surface area contributed by atoms with E-state index in [1.807, 2.05) is 0 Å². The molecule has 0 spiro atoms. The summed E-state index contributed by atoms with van der Waals surface area (Å²) in [6.45, 7) is -0.793. The zero-order chi connectivity index (χ0) is 15.9. The number of nitrogens with zero attached hydrogens (tertiary/aromatic N) is 1. The Morgan fingerprint density at radius 3 is 2.86 bits per heavy atom. The molecular formula is C15H14F2N2O3. The van der Waals surface area contributed by atoms with Crippen LogP contribution in [0.2, 0.25) is 0 Å². The predicted molar refractivity (Wildman–Crippen MR) is 76.7 cm³/mol. The topological polar surface area (TPSA) is 60.5 Å². The molecule has 0 aliphatic carbocycles. The number of benzene rings is 1. The van der Waals surface area contributed by atoms with Crippen LogP contribution in [0.25, 0.3) is 0 Å². The summed E-state index contributed by atoms with van der Waals surface area (Å²) in [5, 5.41) is 2.57. The number of hydrogen-bond donors (Lipinski definition) is 1. The van der Waals surface area contributed by atoms with Crippen molar-refractivity contribution < 1.29 is 23.0 Å². The lowest BCUT2D eigenvalue weighted by Gasteiger charge is -2.11. The number of amides is 1. The Hall–Kier alpha value is -2.70. The fourth-order valence-electron chi connectivity index (χ4n) is 1.70. The molecule has 0 saturated heterocycles. The number of carbonyl (C=O) groups is 1. The van der Waals surface area contributed by atoms with Gasteiger partial charge in [0.1, 0.15) is 11.4 Å². The Balaban J connectivity index is 2.14. The molecule has 0 unspecified atom stereocenters. The molecule has 0 bridgehead atoms. The number of ether oxygens (including phenoxy) is 2. The van der Waals surface area contributed by atoms with Gasteiger partial charge < -0.3 is 14.8 Å². The van der Waals surface area contributed by atoms with Crippen LogP contribution in [0, 0.1) is 0 Å². The van der Waals surface area contributed by atoms with E-state index in [2.05, 4.69) is 10.3 Å². The van der Waals surface area contributed by atoms with E-state index < -0.39 is 18.9 Å². The molecular weight excluding hydrogens is 294 g/mol. The van der Waals surface area contributed by atoms with Gasteiger partial charge in [-0.25, -0.2) is 13.8 Å². The third kappa shape index (κ3) is 4.15. The Kier molecular flexibility index (Phi) is 5.24. The summed E-state index contributed by atoms with van der Waals surface area (Å²) in [4.78, 5) is 16.0. The number of halogens is 2. The quantitative estimate of drug-likeness (QED) is 0.891. The van der Waals surface area contributed by atoms with Crippen LogP contribution in [0.15, 0.2) is 42.6 Å². The molecule has 0 aliphatic heterocycles. The zero-order valence-electron chi connectivity index (χ0n) is 11.8. The van der Waals surface area contributed by atoms with E-state index >= 15 is 0 Å². The van der Waals surface area contributed by atoms with E-state index in [0.717, 1.165) is 0 Å². The fourth-order valence-corrected chi connectivity index (χ4v) is 1.70. The van der Waals surface area contributed by atoms with Gasteiger partial charge in [0.2, 0.25) is 5.88 Å². The van der Waals surface area contributed by atoms with Crippen molar-refractivity contribution in [1.82, 2.24) is 4.98 Å². The van der Waals surface area contributed by atoms with Gasteiger partial charge >= 0.3 is 0 Å². The number of anilines is 1. The molecule has 1 aromatic heterocycles. The van der Waals surface area contributed by atoms with Crippen molar-refractivity contribution in [2.24, 2.45) is 0 Å². The molecule has 0 radical (unpaired) electrons. The van der Waals surface area contributed by atoms with E-state index in [1.165, 1.54) is 19.4 Å². The van der Waals surface area contributed by atoms with Gasteiger partial charge in [0.15, 0.2) is 6.61 Å². The number of methoxy groups -OCH3 is 1. The molecule has 2 aromatic rings. The molecule has 1 aromatic carbocycles. The maximum Gasteiger partial charge on any atom is 0.272 e. The van der Waals surface area contributed by atoms with Crippen molar-refractivity contribution in [1.29, 1.82) is 0 Å². The van der Waals surface area contributed by atoms with E-state index in [-0.39, 0.29) is 11.6 Å². The van der Waals surface area contributed by atoms with Crippen LogP contribution < -0.4 is 14.8 Å². The molecule has 116 valence electrons. The van der Waals surface area contributed by atoms with Crippen LogP contribution in [-0.4, -0.2) is 31.0 Å². The average molecular weight is 308 g/mol. The first-order valence-corrected chi connectivity index (χ1v) is 6.41. The van der Waals surface area contributed by atoms with E-state index in [0.29, 0.717) is 11.3 Å². The van der Waals surface area contributed by atoms with Gasteiger partial charge in [-0.1, -0.05) is 6.07 Å². The number of carbonyl (C=O) groups excluding carboxylic acids is 1. The largest absolute Gasteiger partial charge is 0.497 e. The highest BCUT2D eigenvalue weighted by Crippen LogP contribution is 2.22. The second-order valence-electron chi connectivity index (χ2n) is 4.24. The Morgan fingerprint density at radius 2 is 2.14 bits per heavy atom.